The predicted molar refractivity (Wildman–Crippen MR) is 57.0 cm³/mol. The lowest BCUT2D eigenvalue weighted by atomic mass is 10.3. The van der Waals surface area contributed by atoms with Gasteiger partial charge < -0.3 is 10.6 Å². The molecule has 78 valence electrons. The first-order valence-corrected chi connectivity index (χ1v) is 5.36. The average Bonchev–Trinajstić information content (AvgIpc) is 2.52. The van der Waals surface area contributed by atoms with Crippen LogP contribution in [0.1, 0.15) is 17.0 Å². The average molecular weight is 213 g/mol. The van der Waals surface area contributed by atoms with Crippen molar-refractivity contribution < 1.29 is 4.79 Å². The highest BCUT2D eigenvalue weighted by Gasteiger charge is 2.10. The first-order valence-electron chi connectivity index (χ1n) is 4.48. The van der Waals surface area contributed by atoms with E-state index in [-0.39, 0.29) is 5.91 Å². The van der Waals surface area contributed by atoms with E-state index in [0.29, 0.717) is 19.5 Å². The quantitative estimate of drug-likeness (QED) is 0.803. The maximum Gasteiger partial charge on any atom is 0.223 e. The number of hydrogen-bond donors (Lipinski definition) is 1. The SMILES string of the molecule is Cc1ncsc1CN(C)C(=O)CCN. The molecule has 5 heteroatoms. The molecule has 0 radical (unpaired) electrons. The molecule has 14 heavy (non-hydrogen) atoms. The zero-order valence-electron chi connectivity index (χ0n) is 8.49. The Morgan fingerprint density at radius 1 is 1.71 bits per heavy atom. The summed E-state index contributed by atoms with van der Waals surface area (Å²) >= 11 is 1.58. The van der Waals surface area contributed by atoms with E-state index >= 15 is 0 Å². The van der Waals surface area contributed by atoms with Crippen LogP contribution < -0.4 is 5.73 Å². The number of nitrogens with two attached hydrogens (primary N) is 1. The lowest BCUT2D eigenvalue weighted by Gasteiger charge is -2.15. The molecule has 0 bridgehead atoms. The Kier molecular flexibility index (Phi) is 4.03. The number of hydrogen-bond acceptors (Lipinski definition) is 4. The third-order valence-corrected chi connectivity index (χ3v) is 2.93. The molecule has 0 fully saturated rings. The Balaban J connectivity index is 2.52. The zero-order chi connectivity index (χ0) is 10.6. The summed E-state index contributed by atoms with van der Waals surface area (Å²) in [7, 11) is 1.79. The predicted octanol–water partition coefficient (Wildman–Crippen LogP) is 0.759. The van der Waals surface area contributed by atoms with Gasteiger partial charge in [0.2, 0.25) is 5.91 Å². The van der Waals surface area contributed by atoms with Crippen LogP contribution in [-0.2, 0) is 11.3 Å². The summed E-state index contributed by atoms with van der Waals surface area (Å²) in [5, 5.41) is 0. The van der Waals surface area contributed by atoms with Gasteiger partial charge in [-0.2, -0.15) is 0 Å². The second kappa shape index (κ2) is 5.07. The topological polar surface area (TPSA) is 59.2 Å². The highest BCUT2D eigenvalue weighted by Crippen LogP contribution is 2.14. The van der Waals surface area contributed by atoms with Gasteiger partial charge in [-0.25, -0.2) is 4.98 Å². The molecule has 0 aliphatic heterocycles. The molecule has 0 saturated heterocycles. The van der Waals surface area contributed by atoms with E-state index in [1.165, 1.54) is 0 Å². The van der Waals surface area contributed by atoms with Crippen LogP contribution in [0.4, 0.5) is 0 Å². The third kappa shape index (κ3) is 2.78. The van der Waals surface area contributed by atoms with Gasteiger partial charge >= 0.3 is 0 Å². The molecule has 0 aromatic carbocycles. The molecule has 0 atom stereocenters. The second-order valence-corrected chi connectivity index (χ2v) is 4.09. The number of rotatable bonds is 4. The van der Waals surface area contributed by atoms with Crippen molar-refractivity contribution >= 4 is 17.2 Å². The van der Waals surface area contributed by atoms with E-state index in [0.717, 1.165) is 10.6 Å². The van der Waals surface area contributed by atoms with Gasteiger partial charge in [0.15, 0.2) is 0 Å². The summed E-state index contributed by atoms with van der Waals surface area (Å²) in [6, 6.07) is 0. The van der Waals surface area contributed by atoms with Crippen LogP contribution in [0.5, 0.6) is 0 Å². The van der Waals surface area contributed by atoms with E-state index < -0.39 is 0 Å². The number of aromatic nitrogens is 1. The van der Waals surface area contributed by atoms with Crippen LogP contribution in [0.2, 0.25) is 0 Å². The number of carbonyl (C=O) groups excluding carboxylic acids is 1. The van der Waals surface area contributed by atoms with E-state index in [1.807, 2.05) is 6.92 Å². The van der Waals surface area contributed by atoms with Crippen molar-refractivity contribution in [3.05, 3.63) is 16.1 Å². The first kappa shape index (κ1) is 11.1. The molecule has 0 saturated carbocycles. The van der Waals surface area contributed by atoms with E-state index in [1.54, 1.807) is 28.8 Å². The normalized spacial score (nSPS) is 10.2. The van der Waals surface area contributed by atoms with E-state index in [4.69, 9.17) is 5.73 Å². The number of thiazole rings is 1. The number of aryl methyl sites for hydroxylation is 1. The van der Waals surface area contributed by atoms with Crippen molar-refractivity contribution in [2.75, 3.05) is 13.6 Å². The van der Waals surface area contributed by atoms with Crippen LogP contribution in [0.25, 0.3) is 0 Å². The maximum absolute atomic E-state index is 11.4. The van der Waals surface area contributed by atoms with Gasteiger partial charge in [-0.3, -0.25) is 4.79 Å². The fourth-order valence-electron chi connectivity index (χ4n) is 1.10. The van der Waals surface area contributed by atoms with Crippen molar-refractivity contribution in [2.24, 2.45) is 5.73 Å². The molecule has 1 heterocycles. The van der Waals surface area contributed by atoms with Gasteiger partial charge in [0.25, 0.3) is 0 Å². The van der Waals surface area contributed by atoms with Crippen molar-refractivity contribution in [2.45, 2.75) is 19.9 Å². The molecular weight excluding hydrogens is 198 g/mol. The van der Waals surface area contributed by atoms with Gasteiger partial charge in [0, 0.05) is 24.9 Å². The van der Waals surface area contributed by atoms with E-state index in [9.17, 15) is 4.79 Å². The molecule has 1 rings (SSSR count). The Morgan fingerprint density at radius 2 is 2.43 bits per heavy atom. The van der Waals surface area contributed by atoms with Gasteiger partial charge in [-0.15, -0.1) is 11.3 Å². The maximum atomic E-state index is 11.4. The summed E-state index contributed by atoms with van der Waals surface area (Å²) in [6.07, 6.45) is 0.411. The van der Waals surface area contributed by atoms with Crippen molar-refractivity contribution in [3.63, 3.8) is 0 Å². The first-order chi connectivity index (χ1) is 6.65. The van der Waals surface area contributed by atoms with Gasteiger partial charge in [0.05, 0.1) is 17.7 Å². The van der Waals surface area contributed by atoms with Crippen LogP contribution in [-0.4, -0.2) is 29.4 Å². The zero-order valence-corrected chi connectivity index (χ0v) is 9.30. The van der Waals surface area contributed by atoms with Crippen molar-refractivity contribution in [1.82, 2.24) is 9.88 Å². The molecule has 1 aromatic heterocycles. The van der Waals surface area contributed by atoms with Crippen LogP contribution in [0, 0.1) is 6.92 Å². The third-order valence-electron chi connectivity index (χ3n) is 2.01. The van der Waals surface area contributed by atoms with Gasteiger partial charge in [-0.1, -0.05) is 0 Å². The van der Waals surface area contributed by atoms with E-state index in [2.05, 4.69) is 4.98 Å². The Hall–Kier alpha value is -0.940. The molecule has 2 N–H and O–H groups in total. The molecule has 0 spiro atoms. The molecule has 0 unspecified atom stereocenters. The summed E-state index contributed by atoms with van der Waals surface area (Å²) in [5.41, 5.74) is 8.11. The van der Waals surface area contributed by atoms with Gasteiger partial charge in [0.1, 0.15) is 0 Å². The Labute approximate surface area is 87.7 Å². The molecule has 0 aliphatic rings. The summed E-state index contributed by atoms with van der Waals surface area (Å²) in [5.74, 6) is 0.0836. The van der Waals surface area contributed by atoms with Crippen molar-refractivity contribution in [3.8, 4) is 0 Å². The summed E-state index contributed by atoms with van der Waals surface area (Å²) < 4.78 is 0. The molecule has 4 nitrogen and oxygen atoms in total. The van der Waals surface area contributed by atoms with Crippen LogP contribution in [0.15, 0.2) is 5.51 Å². The standard InChI is InChI=1S/C9H15N3OS/c1-7-8(14-6-11-7)5-12(2)9(13)3-4-10/h6H,3-5,10H2,1-2H3. The van der Waals surface area contributed by atoms with Crippen LogP contribution in [0.3, 0.4) is 0 Å². The second-order valence-electron chi connectivity index (χ2n) is 3.15. The molecule has 1 amide bonds. The summed E-state index contributed by atoms with van der Waals surface area (Å²) in [6.45, 7) is 2.99. The Morgan fingerprint density at radius 3 is 2.93 bits per heavy atom. The molecular formula is C9H15N3OS. The highest BCUT2D eigenvalue weighted by molar-refractivity contribution is 7.09. The molecule has 1 aromatic rings. The lowest BCUT2D eigenvalue weighted by Crippen LogP contribution is -2.27. The lowest BCUT2D eigenvalue weighted by molar-refractivity contribution is -0.130. The number of nitrogens with zero attached hydrogens (tertiary/aromatic N) is 2. The monoisotopic (exact) mass is 213 g/mol. The minimum atomic E-state index is 0.0836. The molecule has 0 aliphatic carbocycles. The van der Waals surface area contributed by atoms with Crippen molar-refractivity contribution in [1.29, 1.82) is 0 Å². The number of amides is 1. The minimum absolute atomic E-state index is 0.0836. The fourth-order valence-corrected chi connectivity index (χ4v) is 1.93. The Bertz CT molecular complexity index is 311. The largest absolute Gasteiger partial charge is 0.341 e. The summed E-state index contributed by atoms with van der Waals surface area (Å²) in [4.78, 5) is 18.4. The smallest absolute Gasteiger partial charge is 0.223 e. The number of carbonyl (C=O) groups is 1. The fraction of sp³-hybridized carbons (Fsp3) is 0.556. The van der Waals surface area contributed by atoms with Gasteiger partial charge in [-0.05, 0) is 6.92 Å². The minimum Gasteiger partial charge on any atom is -0.341 e. The van der Waals surface area contributed by atoms with Crippen LogP contribution >= 0.6 is 11.3 Å². The highest BCUT2D eigenvalue weighted by atomic mass is 32.1.